The van der Waals surface area contributed by atoms with E-state index in [1.165, 1.54) is 18.2 Å². The fraction of sp³-hybridized carbons (Fsp3) is 0. The van der Waals surface area contributed by atoms with Gasteiger partial charge in [0, 0.05) is 27.9 Å². The van der Waals surface area contributed by atoms with Gasteiger partial charge < -0.3 is 11.1 Å². The lowest BCUT2D eigenvalue weighted by molar-refractivity contribution is 0.102. The van der Waals surface area contributed by atoms with Crippen molar-refractivity contribution in [2.75, 3.05) is 11.1 Å². The number of carbonyl (C=O) groups excluding carboxylic acids is 1. The Labute approximate surface area is 120 Å². The van der Waals surface area contributed by atoms with Crippen LogP contribution < -0.4 is 11.1 Å². The molecule has 0 spiro atoms. The lowest BCUT2D eigenvalue weighted by atomic mass is 10.2. The maximum atomic E-state index is 13.4. The Hall–Kier alpha value is -2.02. The molecule has 0 unspecified atom stereocenters. The first-order valence-electron chi connectivity index (χ1n) is 5.39. The van der Waals surface area contributed by atoms with Gasteiger partial charge in [-0.1, -0.05) is 0 Å². The highest BCUT2D eigenvalue weighted by atomic mass is 79.9. The van der Waals surface area contributed by atoms with Gasteiger partial charge in [-0.25, -0.2) is 13.2 Å². The van der Waals surface area contributed by atoms with E-state index < -0.39 is 29.0 Å². The summed E-state index contributed by atoms with van der Waals surface area (Å²) >= 11 is 3.14. The van der Waals surface area contributed by atoms with Crippen LogP contribution in [-0.2, 0) is 0 Å². The summed E-state index contributed by atoms with van der Waals surface area (Å²) in [5.74, 6) is -4.18. The highest BCUT2D eigenvalue weighted by Gasteiger charge is 2.15. The van der Waals surface area contributed by atoms with E-state index in [0.29, 0.717) is 22.3 Å². The Morgan fingerprint density at radius 1 is 1.10 bits per heavy atom. The first-order valence-corrected chi connectivity index (χ1v) is 6.18. The zero-order valence-corrected chi connectivity index (χ0v) is 11.5. The third-order valence-electron chi connectivity index (χ3n) is 2.51. The van der Waals surface area contributed by atoms with Crippen molar-refractivity contribution in [2.24, 2.45) is 0 Å². The third-order valence-corrected chi connectivity index (χ3v) is 3.19. The molecule has 2 aromatic carbocycles. The van der Waals surface area contributed by atoms with E-state index in [9.17, 15) is 18.0 Å². The molecule has 0 aromatic heterocycles. The Kier molecular flexibility index (Phi) is 3.99. The van der Waals surface area contributed by atoms with Gasteiger partial charge in [0.2, 0.25) is 0 Å². The molecule has 3 nitrogen and oxygen atoms in total. The van der Waals surface area contributed by atoms with Crippen LogP contribution in [0.5, 0.6) is 0 Å². The molecule has 2 aromatic rings. The normalized spacial score (nSPS) is 10.4. The molecule has 0 saturated heterocycles. The molecule has 0 radical (unpaired) electrons. The number of anilines is 2. The van der Waals surface area contributed by atoms with Gasteiger partial charge in [0.05, 0.1) is 0 Å². The second-order valence-corrected chi connectivity index (χ2v) is 4.79. The summed E-state index contributed by atoms with van der Waals surface area (Å²) in [7, 11) is 0. The fourth-order valence-electron chi connectivity index (χ4n) is 1.52. The van der Waals surface area contributed by atoms with Gasteiger partial charge in [0.15, 0.2) is 11.6 Å². The Bertz CT molecular complexity index is 668. The number of halogens is 4. The van der Waals surface area contributed by atoms with Crippen LogP contribution >= 0.6 is 15.9 Å². The highest BCUT2D eigenvalue weighted by molar-refractivity contribution is 9.10. The summed E-state index contributed by atoms with van der Waals surface area (Å²) in [6, 6.07) is 5.24. The molecular formula is C13H8BrF3N2O. The number of carbonyl (C=O) groups is 1. The maximum Gasteiger partial charge on any atom is 0.255 e. The summed E-state index contributed by atoms with van der Waals surface area (Å²) in [4.78, 5) is 11.9. The molecule has 3 N–H and O–H groups in total. The van der Waals surface area contributed by atoms with E-state index in [-0.39, 0.29) is 5.56 Å². The molecule has 0 aliphatic rings. The number of benzene rings is 2. The molecule has 0 aliphatic carbocycles. The smallest absolute Gasteiger partial charge is 0.255 e. The quantitative estimate of drug-likeness (QED) is 0.816. The summed E-state index contributed by atoms with van der Waals surface area (Å²) in [5.41, 5.74) is 5.43. The van der Waals surface area contributed by atoms with Crippen molar-refractivity contribution in [1.29, 1.82) is 0 Å². The predicted molar refractivity (Wildman–Crippen MR) is 72.8 cm³/mol. The van der Waals surface area contributed by atoms with Crippen LogP contribution in [0.15, 0.2) is 34.8 Å². The lowest BCUT2D eigenvalue weighted by Crippen LogP contribution is -2.14. The van der Waals surface area contributed by atoms with Crippen LogP contribution in [0.3, 0.4) is 0 Å². The molecule has 20 heavy (non-hydrogen) atoms. The van der Waals surface area contributed by atoms with Crippen LogP contribution in [0, 0.1) is 17.5 Å². The van der Waals surface area contributed by atoms with Crippen molar-refractivity contribution >= 4 is 33.2 Å². The van der Waals surface area contributed by atoms with Crippen molar-refractivity contribution in [3.8, 4) is 0 Å². The van der Waals surface area contributed by atoms with Gasteiger partial charge in [-0.2, -0.15) is 0 Å². The number of hydrogen-bond donors (Lipinski definition) is 2. The van der Waals surface area contributed by atoms with Gasteiger partial charge in [-0.15, -0.1) is 0 Å². The van der Waals surface area contributed by atoms with E-state index in [0.717, 1.165) is 0 Å². The van der Waals surface area contributed by atoms with Crippen LogP contribution in [0.2, 0.25) is 0 Å². The molecule has 2 rings (SSSR count). The van der Waals surface area contributed by atoms with Gasteiger partial charge in [-0.05, 0) is 34.1 Å². The minimum Gasteiger partial charge on any atom is -0.398 e. The summed E-state index contributed by atoms with van der Waals surface area (Å²) in [6.45, 7) is 0. The molecule has 1 amide bonds. The number of hydrogen-bond acceptors (Lipinski definition) is 2. The molecule has 0 fully saturated rings. The number of nitrogen functional groups attached to an aromatic ring is 1. The maximum absolute atomic E-state index is 13.4. The first kappa shape index (κ1) is 14.4. The van der Waals surface area contributed by atoms with Crippen molar-refractivity contribution in [3.63, 3.8) is 0 Å². The minimum absolute atomic E-state index is 0.147. The van der Waals surface area contributed by atoms with Crippen LogP contribution in [0.25, 0.3) is 0 Å². The Balaban J connectivity index is 2.30. The predicted octanol–water partition coefficient (Wildman–Crippen LogP) is 3.70. The molecule has 0 bridgehead atoms. The molecule has 0 heterocycles. The SMILES string of the molecule is Nc1ccc(C(=O)Nc2c(F)cc(F)cc2F)cc1Br. The van der Waals surface area contributed by atoms with E-state index in [2.05, 4.69) is 21.2 Å². The lowest BCUT2D eigenvalue weighted by Gasteiger charge is -2.08. The van der Waals surface area contributed by atoms with Crippen LogP contribution in [0.4, 0.5) is 24.5 Å². The van der Waals surface area contributed by atoms with Crippen molar-refractivity contribution < 1.29 is 18.0 Å². The summed E-state index contributed by atoms with van der Waals surface area (Å²) in [6.07, 6.45) is 0. The number of nitrogens with one attached hydrogen (secondary N) is 1. The third kappa shape index (κ3) is 2.93. The number of rotatable bonds is 2. The first-order chi connectivity index (χ1) is 9.38. The van der Waals surface area contributed by atoms with Crippen LogP contribution in [0.1, 0.15) is 10.4 Å². The molecule has 0 aliphatic heterocycles. The van der Waals surface area contributed by atoms with Gasteiger partial charge >= 0.3 is 0 Å². The van der Waals surface area contributed by atoms with Crippen molar-refractivity contribution in [1.82, 2.24) is 0 Å². The van der Waals surface area contributed by atoms with E-state index in [1.54, 1.807) is 0 Å². The summed E-state index contributed by atoms with van der Waals surface area (Å²) < 4.78 is 40.0. The topological polar surface area (TPSA) is 55.1 Å². The number of amides is 1. The van der Waals surface area contributed by atoms with E-state index in [4.69, 9.17) is 5.73 Å². The highest BCUT2D eigenvalue weighted by Crippen LogP contribution is 2.23. The molecule has 0 saturated carbocycles. The largest absolute Gasteiger partial charge is 0.398 e. The molecule has 104 valence electrons. The van der Waals surface area contributed by atoms with Gasteiger partial charge in [0.25, 0.3) is 5.91 Å². The molecule has 7 heteroatoms. The second-order valence-electron chi connectivity index (χ2n) is 3.93. The standard InChI is InChI=1S/C13H8BrF3N2O/c14-8-3-6(1-2-11(8)18)13(20)19-12-9(16)4-7(15)5-10(12)17/h1-5H,18H2,(H,19,20). The minimum atomic E-state index is -1.19. The Morgan fingerprint density at radius 2 is 1.70 bits per heavy atom. The van der Waals surface area contributed by atoms with Gasteiger partial charge in [0.1, 0.15) is 11.5 Å². The zero-order chi connectivity index (χ0) is 14.9. The van der Waals surface area contributed by atoms with E-state index >= 15 is 0 Å². The zero-order valence-electron chi connectivity index (χ0n) is 9.88. The van der Waals surface area contributed by atoms with Gasteiger partial charge in [-0.3, -0.25) is 4.79 Å². The van der Waals surface area contributed by atoms with Crippen molar-refractivity contribution in [2.45, 2.75) is 0 Å². The average molecular weight is 345 g/mol. The molecule has 0 atom stereocenters. The van der Waals surface area contributed by atoms with Crippen LogP contribution in [-0.4, -0.2) is 5.91 Å². The van der Waals surface area contributed by atoms with E-state index in [1.807, 2.05) is 0 Å². The molecular weight excluding hydrogens is 337 g/mol. The second kappa shape index (κ2) is 5.54. The average Bonchev–Trinajstić information content (AvgIpc) is 2.36. The van der Waals surface area contributed by atoms with Crippen molar-refractivity contribution in [3.05, 3.63) is 57.8 Å². The monoisotopic (exact) mass is 344 g/mol. The fourth-order valence-corrected chi connectivity index (χ4v) is 1.89. The Morgan fingerprint density at radius 3 is 2.25 bits per heavy atom. The number of nitrogens with two attached hydrogens (primary N) is 1. The summed E-state index contributed by atoms with van der Waals surface area (Å²) in [5, 5.41) is 2.05.